The molecule has 1 aromatic heterocycles. The molecule has 0 aliphatic rings. The number of nitrogens with zero attached hydrogens (tertiary/aromatic N) is 2. The van der Waals surface area contributed by atoms with Crippen molar-refractivity contribution in [2.24, 2.45) is 0 Å². The zero-order valence-corrected chi connectivity index (χ0v) is 13.2. The SMILES string of the molecule is CCc1ccccc1-n1c(CCCl)nc2ccc(C)cc21. The van der Waals surface area contributed by atoms with Crippen molar-refractivity contribution in [3.63, 3.8) is 0 Å². The third-order valence-corrected chi connectivity index (χ3v) is 4.00. The van der Waals surface area contributed by atoms with Crippen molar-refractivity contribution in [1.82, 2.24) is 9.55 Å². The van der Waals surface area contributed by atoms with Crippen molar-refractivity contribution in [1.29, 1.82) is 0 Å². The van der Waals surface area contributed by atoms with E-state index in [1.807, 2.05) is 0 Å². The number of fused-ring (bicyclic) bond motifs is 1. The predicted molar refractivity (Wildman–Crippen MR) is 89.6 cm³/mol. The number of rotatable bonds is 4. The molecule has 0 saturated heterocycles. The number of alkyl halides is 1. The van der Waals surface area contributed by atoms with Crippen LogP contribution in [0.2, 0.25) is 0 Å². The van der Waals surface area contributed by atoms with Gasteiger partial charge in [-0.25, -0.2) is 4.98 Å². The first-order valence-electron chi connectivity index (χ1n) is 7.36. The summed E-state index contributed by atoms with van der Waals surface area (Å²) in [6.45, 7) is 4.30. The lowest BCUT2D eigenvalue weighted by Crippen LogP contribution is -2.05. The lowest BCUT2D eigenvalue weighted by molar-refractivity contribution is 0.899. The number of imidazole rings is 1. The molecule has 21 heavy (non-hydrogen) atoms. The summed E-state index contributed by atoms with van der Waals surface area (Å²) in [7, 11) is 0. The van der Waals surface area contributed by atoms with Gasteiger partial charge in [-0.05, 0) is 42.7 Å². The van der Waals surface area contributed by atoms with Crippen LogP contribution in [0.1, 0.15) is 23.9 Å². The lowest BCUT2D eigenvalue weighted by atomic mass is 10.1. The normalized spacial score (nSPS) is 11.2. The van der Waals surface area contributed by atoms with Crippen LogP contribution in [0.5, 0.6) is 0 Å². The monoisotopic (exact) mass is 298 g/mol. The van der Waals surface area contributed by atoms with Gasteiger partial charge in [-0.2, -0.15) is 0 Å². The second-order valence-corrected chi connectivity index (χ2v) is 5.65. The minimum absolute atomic E-state index is 0.580. The van der Waals surface area contributed by atoms with Crippen LogP contribution in [0.25, 0.3) is 16.7 Å². The Hall–Kier alpha value is -1.80. The molecule has 0 unspecified atom stereocenters. The van der Waals surface area contributed by atoms with Gasteiger partial charge in [0.05, 0.1) is 16.7 Å². The van der Waals surface area contributed by atoms with E-state index >= 15 is 0 Å². The molecule has 2 nitrogen and oxygen atoms in total. The molecule has 3 aromatic rings. The lowest BCUT2D eigenvalue weighted by Gasteiger charge is -2.13. The largest absolute Gasteiger partial charge is 0.296 e. The van der Waals surface area contributed by atoms with Gasteiger partial charge in [0, 0.05) is 12.3 Å². The van der Waals surface area contributed by atoms with E-state index in [1.165, 1.54) is 16.8 Å². The number of benzene rings is 2. The minimum atomic E-state index is 0.580. The summed E-state index contributed by atoms with van der Waals surface area (Å²) in [5.41, 5.74) is 5.99. The van der Waals surface area contributed by atoms with Crippen LogP contribution in [0.15, 0.2) is 42.5 Å². The van der Waals surface area contributed by atoms with Crippen molar-refractivity contribution >= 4 is 22.6 Å². The van der Waals surface area contributed by atoms with Gasteiger partial charge in [-0.15, -0.1) is 11.6 Å². The van der Waals surface area contributed by atoms with Gasteiger partial charge in [-0.3, -0.25) is 4.57 Å². The van der Waals surface area contributed by atoms with Gasteiger partial charge >= 0.3 is 0 Å². The van der Waals surface area contributed by atoms with Gasteiger partial charge in [0.15, 0.2) is 0 Å². The highest BCUT2D eigenvalue weighted by Crippen LogP contribution is 2.25. The van der Waals surface area contributed by atoms with Gasteiger partial charge in [0.25, 0.3) is 0 Å². The Kier molecular flexibility index (Phi) is 3.98. The first-order chi connectivity index (χ1) is 10.2. The van der Waals surface area contributed by atoms with Crippen molar-refractivity contribution in [2.75, 3.05) is 5.88 Å². The molecule has 0 bridgehead atoms. The Morgan fingerprint density at radius 1 is 1.14 bits per heavy atom. The van der Waals surface area contributed by atoms with E-state index < -0.39 is 0 Å². The van der Waals surface area contributed by atoms with Crippen LogP contribution in [-0.4, -0.2) is 15.4 Å². The van der Waals surface area contributed by atoms with E-state index in [0.29, 0.717) is 5.88 Å². The molecular formula is C18H19ClN2. The highest BCUT2D eigenvalue weighted by Gasteiger charge is 2.14. The zero-order chi connectivity index (χ0) is 14.8. The highest BCUT2D eigenvalue weighted by molar-refractivity contribution is 6.17. The standard InChI is InChI=1S/C18H19ClN2/c1-3-14-6-4-5-7-16(14)21-17-12-13(2)8-9-15(17)20-18(21)10-11-19/h4-9,12H,3,10-11H2,1-2H3. The summed E-state index contributed by atoms with van der Waals surface area (Å²) in [5, 5.41) is 0. The van der Waals surface area contributed by atoms with E-state index in [1.54, 1.807) is 0 Å². The topological polar surface area (TPSA) is 17.8 Å². The molecule has 3 rings (SSSR count). The van der Waals surface area contributed by atoms with E-state index in [-0.39, 0.29) is 0 Å². The fraction of sp³-hybridized carbons (Fsp3) is 0.278. The Morgan fingerprint density at radius 2 is 1.95 bits per heavy atom. The van der Waals surface area contributed by atoms with Crippen molar-refractivity contribution in [3.05, 3.63) is 59.4 Å². The van der Waals surface area contributed by atoms with Crippen LogP contribution in [0.4, 0.5) is 0 Å². The summed E-state index contributed by atoms with van der Waals surface area (Å²) in [6.07, 6.45) is 1.77. The fourth-order valence-electron chi connectivity index (χ4n) is 2.78. The fourth-order valence-corrected chi connectivity index (χ4v) is 2.95. The van der Waals surface area contributed by atoms with Crippen molar-refractivity contribution < 1.29 is 0 Å². The zero-order valence-electron chi connectivity index (χ0n) is 12.4. The summed E-state index contributed by atoms with van der Waals surface area (Å²) < 4.78 is 2.27. The van der Waals surface area contributed by atoms with E-state index in [0.717, 1.165) is 29.7 Å². The molecular weight excluding hydrogens is 280 g/mol. The van der Waals surface area contributed by atoms with E-state index in [2.05, 4.69) is 60.9 Å². The first kappa shape index (κ1) is 14.2. The van der Waals surface area contributed by atoms with Gasteiger partial charge < -0.3 is 0 Å². The molecule has 0 N–H and O–H groups in total. The number of aryl methyl sites for hydroxylation is 3. The second kappa shape index (κ2) is 5.90. The van der Waals surface area contributed by atoms with Gasteiger partial charge in [0.2, 0.25) is 0 Å². The van der Waals surface area contributed by atoms with Gasteiger partial charge in [-0.1, -0.05) is 31.2 Å². The Morgan fingerprint density at radius 3 is 2.71 bits per heavy atom. The highest BCUT2D eigenvalue weighted by atomic mass is 35.5. The minimum Gasteiger partial charge on any atom is -0.296 e. The molecule has 0 spiro atoms. The Balaban J connectivity index is 2.32. The molecule has 0 aliphatic heterocycles. The first-order valence-corrected chi connectivity index (χ1v) is 7.90. The maximum absolute atomic E-state index is 5.97. The van der Waals surface area contributed by atoms with Crippen molar-refractivity contribution in [3.8, 4) is 5.69 Å². The van der Waals surface area contributed by atoms with Crippen LogP contribution < -0.4 is 0 Å². The number of hydrogen-bond acceptors (Lipinski definition) is 1. The summed E-state index contributed by atoms with van der Waals surface area (Å²) in [5.74, 6) is 1.61. The molecule has 0 amide bonds. The summed E-state index contributed by atoms with van der Waals surface area (Å²) in [4.78, 5) is 4.77. The third kappa shape index (κ3) is 2.56. The average Bonchev–Trinajstić information content (AvgIpc) is 2.84. The molecule has 0 aliphatic carbocycles. The van der Waals surface area contributed by atoms with E-state index in [4.69, 9.17) is 16.6 Å². The Labute approximate surface area is 130 Å². The number of aromatic nitrogens is 2. The molecule has 0 atom stereocenters. The van der Waals surface area contributed by atoms with Crippen LogP contribution >= 0.6 is 11.6 Å². The molecule has 0 fully saturated rings. The smallest absolute Gasteiger partial charge is 0.115 e. The number of halogens is 1. The molecule has 2 aromatic carbocycles. The van der Waals surface area contributed by atoms with Gasteiger partial charge in [0.1, 0.15) is 5.82 Å². The number of hydrogen-bond donors (Lipinski definition) is 0. The molecule has 0 radical (unpaired) electrons. The second-order valence-electron chi connectivity index (χ2n) is 5.28. The number of para-hydroxylation sites is 1. The summed E-state index contributed by atoms with van der Waals surface area (Å²) in [6, 6.07) is 14.9. The van der Waals surface area contributed by atoms with E-state index in [9.17, 15) is 0 Å². The van der Waals surface area contributed by atoms with Crippen LogP contribution in [-0.2, 0) is 12.8 Å². The average molecular weight is 299 g/mol. The maximum Gasteiger partial charge on any atom is 0.115 e. The predicted octanol–water partition coefficient (Wildman–Crippen LogP) is 4.68. The molecule has 1 heterocycles. The molecule has 108 valence electrons. The van der Waals surface area contributed by atoms with Crippen LogP contribution in [0, 0.1) is 6.92 Å². The Bertz CT molecular complexity index is 774. The molecule has 3 heteroatoms. The molecule has 0 saturated carbocycles. The third-order valence-electron chi connectivity index (χ3n) is 3.81. The van der Waals surface area contributed by atoms with Crippen LogP contribution in [0.3, 0.4) is 0 Å². The quantitative estimate of drug-likeness (QED) is 0.640. The summed E-state index contributed by atoms with van der Waals surface area (Å²) >= 11 is 5.97. The van der Waals surface area contributed by atoms with Crippen molar-refractivity contribution in [2.45, 2.75) is 26.7 Å². The maximum atomic E-state index is 5.97.